The Kier molecular flexibility index (Phi) is 7.74. The van der Waals surface area contributed by atoms with E-state index in [0.29, 0.717) is 11.1 Å². The second kappa shape index (κ2) is 11.0. The van der Waals surface area contributed by atoms with Crippen LogP contribution in [0.2, 0.25) is 0 Å². The van der Waals surface area contributed by atoms with E-state index in [1.165, 1.54) is 18.2 Å². The lowest BCUT2D eigenvalue weighted by Crippen LogP contribution is -2.24. The van der Waals surface area contributed by atoms with Crippen molar-refractivity contribution in [2.45, 2.75) is 39.9 Å². The van der Waals surface area contributed by atoms with Crippen LogP contribution in [0, 0.1) is 17.0 Å². The van der Waals surface area contributed by atoms with Crippen LogP contribution in [0.25, 0.3) is 45.2 Å². The summed E-state index contributed by atoms with van der Waals surface area (Å²) in [5.74, 6) is -2.06. The minimum absolute atomic E-state index is 0.0442. The number of fused-ring (bicyclic) bond motifs is 1. The quantitative estimate of drug-likeness (QED) is 0.142. The Hall–Kier alpha value is -4.37. The van der Waals surface area contributed by atoms with Crippen LogP contribution >= 0.6 is 0 Å². The maximum absolute atomic E-state index is 15.0. The molecule has 0 saturated heterocycles. The first-order valence-electron chi connectivity index (χ1n) is 13.2. The number of aromatic nitrogens is 5. The van der Waals surface area contributed by atoms with E-state index >= 15 is 0 Å². The lowest BCUT2D eigenvalue weighted by Gasteiger charge is -2.29. The molecule has 0 aliphatic heterocycles. The van der Waals surface area contributed by atoms with Crippen LogP contribution in [0.4, 0.5) is 27.9 Å². The van der Waals surface area contributed by atoms with E-state index in [-0.39, 0.29) is 40.1 Å². The van der Waals surface area contributed by atoms with Gasteiger partial charge in [0.15, 0.2) is 5.65 Å². The zero-order valence-electron chi connectivity index (χ0n) is 24.1. The number of hydrogen-bond donors (Lipinski definition) is 2. The van der Waals surface area contributed by atoms with Crippen molar-refractivity contribution in [3.05, 3.63) is 71.8 Å². The molecule has 3 heterocycles. The summed E-state index contributed by atoms with van der Waals surface area (Å²) in [6.45, 7) is 7.73. The molecule has 0 saturated carbocycles. The highest BCUT2D eigenvalue weighted by atomic mass is 32.2. The summed E-state index contributed by atoms with van der Waals surface area (Å²) in [4.78, 5) is 16.4. The summed E-state index contributed by atoms with van der Waals surface area (Å²) < 4.78 is 100. The Balaban J connectivity index is 1.76. The fourth-order valence-corrected chi connectivity index (χ4v) is 4.77. The van der Waals surface area contributed by atoms with Crippen LogP contribution < -0.4 is 5.48 Å². The Morgan fingerprint density at radius 1 is 0.955 bits per heavy atom. The van der Waals surface area contributed by atoms with Gasteiger partial charge in [-0.05, 0) is 60.9 Å². The number of alkyl halides is 3. The summed E-state index contributed by atoms with van der Waals surface area (Å²) >= 11 is 0. The standard InChI is InChI=1S/C29H27F5N6O3S/c1-15(28(2,3)4)40-26-21(36-27(40)39-43-44(5,41)42)14-13-20(35-26)24-23(16-9-11-17(30)12-10-16)37-25(38-24)22-18(29(32,33)34)7-6-8-19(22)31/h6-15H,1-5H3,(H,36,39)(H,37,38). The van der Waals surface area contributed by atoms with Crippen LogP contribution in [0.3, 0.4) is 0 Å². The van der Waals surface area contributed by atoms with Gasteiger partial charge in [-0.3, -0.25) is 4.57 Å². The molecule has 44 heavy (non-hydrogen) atoms. The minimum Gasteiger partial charge on any atom is -0.336 e. The maximum atomic E-state index is 15.0. The molecular weight excluding hydrogens is 607 g/mol. The van der Waals surface area contributed by atoms with Crippen LogP contribution in [-0.4, -0.2) is 39.2 Å². The molecule has 0 radical (unpaired) electrons. The summed E-state index contributed by atoms with van der Waals surface area (Å²) in [6.07, 6.45) is -4.02. The Morgan fingerprint density at radius 2 is 1.64 bits per heavy atom. The van der Waals surface area contributed by atoms with Gasteiger partial charge in [0.25, 0.3) is 10.1 Å². The normalized spacial score (nSPS) is 13.4. The van der Waals surface area contributed by atoms with E-state index in [1.807, 2.05) is 27.7 Å². The maximum Gasteiger partial charge on any atom is 0.417 e. The van der Waals surface area contributed by atoms with Crippen LogP contribution in [0.15, 0.2) is 54.6 Å². The average Bonchev–Trinajstić information content (AvgIpc) is 3.52. The summed E-state index contributed by atoms with van der Waals surface area (Å²) in [6, 6.07) is 10.5. The molecule has 0 spiro atoms. The molecule has 232 valence electrons. The number of H-pyrrole nitrogens is 1. The van der Waals surface area contributed by atoms with Crippen molar-refractivity contribution in [3.8, 4) is 34.0 Å². The topological polar surface area (TPSA) is 115 Å². The van der Waals surface area contributed by atoms with E-state index < -0.39 is 44.9 Å². The zero-order valence-corrected chi connectivity index (χ0v) is 24.9. The molecule has 1 unspecified atom stereocenters. The Bertz CT molecular complexity index is 1960. The monoisotopic (exact) mass is 634 g/mol. The first-order chi connectivity index (χ1) is 20.4. The van der Waals surface area contributed by atoms with Crippen molar-refractivity contribution in [1.29, 1.82) is 0 Å². The number of pyridine rings is 1. The zero-order chi connectivity index (χ0) is 32.2. The van der Waals surface area contributed by atoms with Crippen LogP contribution in [0.1, 0.15) is 39.3 Å². The fraction of sp³-hybridized carbons (Fsp3) is 0.276. The lowest BCUT2D eigenvalue weighted by atomic mass is 9.88. The SMILES string of the molecule is CC(n1c(NOS(C)(=O)=O)nc2ccc(-c3[nH]c(-c4c(F)cccc4C(F)(F)F)nc3-c3ccc(F)cc3)nc21)C(C)(C)C. The number of aromatic amines is 1. The molecule has 0 fully saturated rings. The van der Waals surface area contributed by atoms with Gasteiger partial charge in [-0.25, -0.2) is 29.2 Å². The van der Waals surface area contributed by atoms with Crippen molar-refractivity contribution < 1.29 is 34.7 Å². The number of benzene rings is 2. The molecule has 3 aromatic heterocycles. The molecular formula is C29H27F5N6O3S. The third kappa shape index (κ3) is 6.15. The number of halogens is 5. The van der Waals surface area contributed by atoms with Gasteiger partial charge < -0.3 is 4.98 Å². The van der Waals surface area contributed by atoms with E-state index in [4.69, 9.17) is 9.27 Å². The van der Waals surface area contributed by atoms with Crippen LogP contribution in [0.5, 0.6) is 0 Å². The first kappa shape index (κ1) is 31.1. The third-order valence-corrected chi connectivity index (χ3v) is 7.48. The smallest absolute Gasteiger partial charge is 0.336 e. The second-order valence-corrected chi connectivity index (χ2v) is 12.8. The predicted octanol–water partition coefficient (Wildman–Crippen LogP) is 7.36. The summed E-state index contributed by atoms with van der Waals surface area (Å²) in [5, 5.41) is 0. The van der Waals surface area contributed by atoms with E-state index in [2.05, 4.69) is 20.4 Å². The number of anilines is 1. The molecule has 5 rings (SSSR count). The van der Waals surface area contributed by atoms with Crippen molar-refractivity contribution in [2.75, 3.05) is 11.7 Å². The largest absolute Gasteiger partial charge is 0.417 e. The van der Waals surface area contributed by atoms with Gasteiger partial charge in [-0.2, -0.15) is 21.6 Å². The average molecular weight is 635 g/mol. The number of nitrogens with zero attached hydrogens (tertiary/aromatic N) is 4. The summed E-state index contributed by atoms with van der Waals surface area (Å²) in [7, 11) is -3.90. The molecule has 0 bridgehead atoms. The highest BCUT2D eigenvalue weighted by molar-refractivity contribution is 7.86. The fourth-order valence-electron chi connectivity index (χ4n) is 4.55. The van der Waals surface area contributed by atoms with Gasteiger partial charge in [-0.15, -0.1) is 4.28 Å². The van der Waals surface area contributed by atoms with E-state index in [0.717, 1.165) is 36.6 Å². The molecule has 1 atom stereocenters. The van der Waals surface area contributed by atoms with Gasteiger partial charge in [0, 0.05) is 11.6 Å². The molecule has 5 aromatic rings. The second-order valence-electron chi connectivity index (χ2n) is 11.3. The van der Waals surface area contributed by atoms with Gasteiger partial charge in [-0.1, -0.05) is 26.8 Å². The highest BCUT2D eigenvalue weighted by Gasteiger charge is 2.36. The molecule has 15 heteroatoms. The van der Waals surface area contributed by atoms with Crippen molar-refractivity contribution in [3.63, 3.8) is 0 Å². The molecule has 2 N–H and O–H groups in total. The van der Waals surface area contributed by atoms with Gasteiger partial charge in [0.2, 0.25) is 5.95 Å². The molecule has 0 aliphatic carbocycles. The highest BCUT2D eigenvalue weighted by Crippen LogP contribution is 2.41. The van der Waals surface area contributed by atoms with Crippen molar-refractivity contribution in [1.82, 2.24) is 24.5 Å². The van der Waals surface area contributed by atoms with Crippen molar-refractivity contribution in [2.24, 2.45) is 5.41 Å². The Morgan fingerprint density at radius 3 is 2.25 bits per heavy atom. The number of nitrogens with one attached hydrogen (secondary N) is 2. The van der Waals surface area contributed by atoms with E-state index in [1.54, 1.807) is 10.6 Å². The van der Waals surface area contributed by atoms with E-state index in [9.17, 15) is 30.4 Å². The van der Waals surface area contributed by atoms with Gasteiger partial charge >= 0.3 is 6.18 Å². The van der Waals surface area contributed by atoms with Gasteiger partial charge in [0.05, 0.1) is 34.5 Å². The number of rotatable bonds is 7. The van der Waals surface area contributed by atoms with Crippen molar-refractivity contribution >= 4 is 27.2 Å². The number of imidazole rings is 2. The lowest BCUT2D eigenvalue weighted by molar-refractivity contribution is -0.137. The molecule has 9 nitrogen and oxygen atoms in total. The van der Waals surface area contributed by atoms with Gasteiger partial charge in [0.1, 0.15) is 23.0 Å². The first-order valence-corrected chi connectivity index (χ1v) is 15.0. The molecule has 0 amide bonds. The number of hydrogen-bond acceptors (Lipinski definition) is 7. The third-order valence-electron chi connectivity index (χ3n) is 7.10. The Labute approximate surface area is 249 Å². The van der Waals surface area contributed by atoms with Crippen LogP contribution in [-0.2, 0) is 20.6 Å². The molecule has 2 aromatic carbocycles. The summed E-state index contributed by atoms with van der Waals surface area (Å²) in [5.41, 5.74) is 1.35. The molecule has 0 aliphatic rings. The minimum atomic E-state index is -4.88. The predicted molar refractivity (Wildman–Crippen MR) is 155 cm³/mol.